The SMILES string of the molecule is O=P(c1ccccc1)(c1ccccc1)c1ccc(-c2nc3ccccc3c3cc4c5ccccc5n(-c5ccccc5)c4cc23)cc1. The molecule has 0 unspecified atom stereocenters. The van der Waals surface area contributed by atoms with E-state index < -0.39 is 7.14 Å². The third-order valence-corrected chi connectivity index (χ3v) is 12.3. The molecule has 4 heteroatoms. The molecule has 0 N–H and O–H groups in total. The number of nitrogens with zero attached hydrogens (tertiary/aromatic N) is 2. The van der Waals surface area contributed by atoms with E-state index in [1.807, 2.05) is 78.9 Å². The summed E-state index contributed by atoms with van der Waals surface area (Å²) in [6.45, 7) is 0. The molecule has 0 fully saturated rings. The molecule has 47 heavy (non-hydrogen) atoms. The van der Waals surface area contributed by atoms with Crippen LogP contribution in [0.5, 0.6) is 0 Å². The van der Waals surface area contributed by atoms with Crippen molar-refractivity contribution < 1.29 is 4.57 Å². The Balaban J connectivity index is 1.30. The molecule has 9 rings (SSSR count). The van der Waals surface area contributed by atoms with Gasteiger partial charge in [0.25, 0.3) is 0 Å². The van der Waals surface area contributed by atoms with Gasteiger partial charge in [-0.2, -0.15) is 0 Å². The summed E-state index contributed by atoms with van der Waals surface area (Å²) in [7, 11) is -3.09. The minimum atomic E-state index is -3.09. The van der Waals surface area contributed by atoms with Crippen LogP contribution in [0.3, 0.4) is 0 Å². The maximum atomic E-state index is 15.0. The lowest BCUT2D eigenvalue weighted by atomic mass is 9.98. The summed E-state index contributed by atoms with van der Waals surface area (Å²) < 4.78 is 17.4. The molecule has 0 bridgehead atoms. The number of hydrogen-bond acceptors (Lipinski definition) is 2. The molecule has 2 heterocycles. The van der Waals surface area contributed by atoms with Crippen molar-refractivity contribution in [1.82, 2.24) is 9.55 Å². The number of rotatable bonds is 5. The molecule has 0 aliphatic heterocycles. The fourth-order valence-electron chi connectivity index (χ4n) is 7.04. The normalized spacial score (nSPS) is 11.9. The first-order chi connectivity index (χ1) is 23.2. The van der Waals surface area contributed by atoms with E-state index >= 15 is 4.57 Å². The predicted molar refractivity (Wildman–Crippen MR) is 198 cm³/mol. The number of pyridine rings is 1. The van der Waals surface area contributed by atoms with Crippen molar-refractivity contribution in [3.63, 3.8) is 0 Å². The van der Waals surface area contributed by atoms with Crippen LogP contribution in [0, 0.1) is 0 Å². The molecule has 0 radical (unpaired) electrons. The van der Waals surface area contributed by atoms with Gasteiger partial charge in [-0.3, -0.25) is 0 Å². The number of aromatic nitrogens is 2. The second-order valence-corrected chi connectivity index (χ2v) is 14.7. The molecular formula is C43H29N2OP. The van der Waals surface area contributed by atoms with E-state index in [2.05, 4.69) is 102 Å². The van der Waals surface area contributed by atoms with Gasteiger partial charge in [0, 0.05) is 48.7 Å². The number of hydrogen-bond donors (Lipinski definition) is 0. The lowest BCUT2D eigenvalue weighted by Gasteiger charge is -2.20. The molecule has 0 aliphatic rings. The topological polar surface area (TPSA) is 34.9 Å². The van der Waals surface area contributed by atoms with Crippen LogP contribution in [-0.4, -0.2) is 9.55 Å². The fraction of sp³-hybridized carbons (Fsp3) is 0. The van der Waals surface area contributed by atoms with E-state index in [1.54, 1.807) is 0 Å². The van der Waals surface area contributed by atoms with Crippen molar-refractivity contribution in [1.29, 1.82) is 0 Å². The highest BCUT2D eigenvalue weighted by atomic mass is 31.2. The average molecular weight is 621 g/mol. The van der Waals surface area contributed by atoms with Crippen molar-refractivity contribution in [2.45, 2.75) is 0 Å². The summed E-state index contributed by atoms with van der Waals surface area (Å²) in [6, 6.07) is 60.1. The van der Waals surface area contributed by atoms with Crippen LogP contribution in [-0.2, 0) is 4.57 Å². The Hall–Kier alpha value is -5.76. The van der Waals surface area contributed by atoms with Crippen LogP contribution in [0.15, 0.2) is 176 Å². The van der Waals surface area contributed by atoms with Crippen LogP contribution >= 0.6 is 7.14 Å². The van der Waals surface area contributed by atoms with Crippen molar-refractivity contribution in [3.05, 3.63) is 176 Å². The Kier molecular flexibility index (Phi) is 6.41. The van der Waals surface area contributed by atoms with Gasteiger partial charge in [-0.1, -0.05) is 140 Å². The first-order valence-corrected chi connectivity index (χ1v) is 17.5. The van der Waals surface area contributed by atoms with Crippen LogP contribution in [0.25, 0.3) is 60.4 Å². The van der Waals surface area contributed by atoms with E-state index in [9.17, 15) is 0 Å². The Morgan fingerprint density at radius 3 is 1.66 bits per heavy atom. The van der Waals surface area contributed by atoms with Gasteiger partial charge in [-0.25, -0.2) is 4.98 Å². The fourth-order valence-corrected chi connectivity index (χ4v) is 9.69. The smallest absolute Gasteiger partial charge is 0.171 e. The van der Waals surface area contributed by atoms with Gasteiger partial charge in [0.2, 0.25) is 0 Å². The predicted octanol–water partition coefficient (Wildman–Crippen LogP) is 9.79. The summed E-state index contributed by atoms with van der Waals surface area (Å²) in [4.78, 5) is 5.27. The molecule has 222 valence electrons. The Labute approximate surface area is 272 Å². The third-order valence-electron chi connectivity index (χ3n) is 9.25. The molecule has 0 aliphatic carbocycles. The van der Waals surface area contributed by atoms with Gasteiger partial charge < -0.3 is 9.13 Å². The van der Waals surface area contributed by atoms with E-state index in [0.717, 1.165) is 60.1 Å². The second-order valence-electron chi connectivity index (χ2n) is 11.9. The number of benzene rings is 7. The minimum absolute atomic E-state index is 0.801. The van der Waals surface area contributed by atoms with Crippen LogP contribution in [0.1, 0.15) is 0 Å². The molecule has 2 aromatic heterocycles. The number of para-hydroxylation sites is 3. The maximum Gasteiger partial charge on any atom is 0.171 e. The van der Waals surface area contributed by atoms with E-state index in [-0.39, 0.29) is 0 Å². The van der Waals surface area contributed by atoms with Crippen molar-refractivity contribution in [2.24, 2.45) is 0 Å². The highest BCUT2D eigenvalue weighted by Crippen LogP contribution is 2.44. The van der Waals surface area contributed by atoms with Crippen molar-refractivity contribution in [3.8, 4) is 16.9 Å². The second kappa shape index (κ2) is 10.9. The summed E-state index contributed by atoms with van der Waals surface area (Å²) in [5, 5.41) is 8.25. The average Bonchev–Trinajstić information content (AvgIpc) is 3.48. The van der Waals surface area contributed by atoms with Gasteiger partial charge in [-0.15, -0.1) is 0 Å². The van der Waals surface area contributed by atoms with Crippen LogP contribution in [0.4, 0.5) is 0 Å². The molecule has 0 amide bonds. The lowest BCUT2D eigenvalue weighted by molar-refractivity contribution is 0.592. The van der Waals surface area contributed by atoms with Gasteiger partial charge in [0.15, 0.2) is 7.14 Å². The summed E-state index contributed by atoms with van der Waals surface area (Å²) in [6.07, 6.45) is 0. The number of fused-ring (bicyclic) bond motifs is 6. The van der Waals surface area contributed by atoms with E-state index in [1.165, 1.54) is 16.3 Å². The summed E-state index contributed by atoms with van der Waals surface area (Å²) in [5.41, 5.74) is 6.27. The molecule has 0 saturated heterocycles. The molecule has 3 nitrogen and oxygen atoms in total. The zero-order valence-corrected chi connectivity index (χ0v) is 26.4. The molecular weight excluding hydrogens is 591 g/mol. The summed E-state index contributed by atoms with van der Waals surface area (Å²) >= 11 is 0. The van der Waals surface area contributed by atoms with Crippen LogP contribution in [0.2, 0.25) is 0 Å². The van der Waals surface area contributed by atoms with E-state index in [4.69, 9.17) is 4.98 Å². The zero-order chi connectivity index (χ0) is 31.4. The molecule has 9 aromatic rings. The standard InChI is InChI=1S/C43H29N2OP/c46-47(32-16-6-2-7-17-32,33-18-8-3-9-19-33)34-26-24-30(25-27-34)43-39-29-42-38(28-37(39)35-20-10-12-22-40(35)44-43)36-21-11-13-23-41(36)45(42)31-14-4-1-5-15-31/h1-29H. The Bertz CT molecular complexity index is 2590. The third kappa shape index (κ3) is 4.35. The lowest BCUT2D eigenvalue weighted by Crippen LogP contribution is -2.24. The Morgan fingerprint density at radius 1 is 0.426 bits per heavy atom. The van der Waals surface area contributed by atoms with Gasteiger partial charge >= 0.3 is 0 Å². The molecule has 7 aromatic carbocycles. The monoisotopic (exact) mass is 620 g/mol. The zero-order valence-electron chi connectivity index (χ0n) is 25.5. The van der Waals surface area contributed by atoms with Crippen LogP contribution < -0.4 is 15.9 Å². The first-order valence-electron chi connectivity index (χ1n) is 15.8. The van der Waals surface area contributed by atoms with Crippen molar-refractivity contribution >= 4 is 66.5 Å². The Morgan fingerprint density at radius 2 is 0.979 bits per heavy atom. The maximum absolute atomic E-state index is 15.0. The van der Waals surface area contributed by atoms with E-state index in [0.29, 0.717) is 0 Å². The largest absolute Gasteiger partial charge is 0.309 e. The summed E-state index contributed by atoms with van der Waals surface area (Å²) in [5.74, 6) is 0. The molecule has 0 spiro atoms. The minimum Gasteiger partial charge on any atom is -0.309 e. The van der Waals surface area contributed by atoms with Gasteiger partial charge in [0.05, 0.1) is 22.2 Å². The highest BCUT2D eigenvalue weighted by Gasteiger charge is 2.29. The quantitative estimate of drug-likeness (QED) is 0.142. The van der Waals surface area contributed by atoms with Crippen molar-refractivity contribution in [2.75, 3.05) is 0 Å². The molecule has 0 atom stereocenters. The first kappa shape index (κ1) is 27.5. The highest BCUT2D eigenvalue weighted by molar-refractivity contribution is 7.85. The molecule has 0 saturated carbocycles. The van der Waals surface area contributed by atoms with Gasteiger partial charge in [0.1, 0.15) is 0 Å². The van der Waals surface area contributed by atoms with Gasteiger partial charge in [-0.05, 0) is 41.8 Å².